The van der Waals surface area contributed by atoms with Crippen LogP contribution in [0.25, 0.3) is 0 Å². The Hall–Kier alpha value is -2.06. The van der Waals surface area contributed by atoms with E-state index in [0.29, 0.717) is 5.00 Å². The first-order chi connectivity index (χ1) is 12.0. The first kappa shape index (κ1) is 17.8. The third-order valence-electron chi connectivity index (χ3n) is 4.22. The van der Waals surface area contributed by atoms with Gasteiger partial charge in [-0.1, -0.05) is 18.2 Å². The summed E-state index contributed by atoms with van der Waals surface area (Å²) in [5.41, 5.74) is 6.09. The van der Waals surface area contributed by atoms with E-state index in [2.05, 4.69) is 0 Å². The average molecular weight is 380 g/mol. The van der Waals surface area contributed by atoms with E-state index in [1.807, 2.05) is 4.90 Å². The molecule has 1 aliphatic heterocycles. The Kier molecular flexibility index (Phi) is 5.01. The van der Waals surface area contributed by atoms with Crippen LogP contribution >= 0.6 is 11.3 Å². The summed E-state index contributed by atoms with van der Waals surface area (Å²) >= 11 is 1.09. The maximum atomic E-state index is 13.2. The van der Waals surface area contributed by atoms with Crippen LogP contribution in [0.1, 0.15) is 28.9 Å². The molecule has 0 saturated carbocycles. The lowest BCUT2D eigenvalue weighted by Gasteiger charge is -2.28. The van der Waals surface area contributed by atoms with Crippen LogP contribution in [-0.2, 0) is 14.6 Å². The molecule has 2 N–H and O–H groups in total. The second-order valence-electron chi connectivity index (χ2n) is 5.83. The molecule has 2 aromatic rings. The molecular weight excluding hydrogens is 360 g/mol. The largest absolute Gasteiger partial charge is 0.465 e. The Morgan fingerprint density at radius 3 is 2.40 bits per heavy atom. The second-order valence-corrected chi connectivity index (χ2v) is 8.72. The number of esters is 1. The molecule has 6 nitrogen and oxygen atoms in total. The summed E-state index contributed by atoms with van der Waals surface area (Å²) in [6.07, 6.45) is 3.08. The molecule has 0 spiro atoms. The molecule has 3 rings (SSSR count). The molecule has 0 aliphatic carbocycles. The van der Waals surface area contributed by atoms with E-state index in [1.165, 1.54) is 19.2 Å². The molecule has 25 heavy (non-hydrogen) atoms. The van der Waals surface area contributed by atoms with Crippen molar-refractivity contribution in [3.8, 4) is 0 Å². The van der Waals surface area contributed by atoms with Crippen LogP contribution in [0.4, 0.5) is 10.7 Å². The minimum atomic E-state index is -3.83. The number of nitrogen functional groups attached to an aromatic ring is 1. The molecule has 0 unspecified atom stereocenters. The fourth-order valence-electron chi connectivity index (χ4n) is 2.94. The van der Waals surface area contributed by atoms with Crippen molar-refractivity contribution >= 4 is 37.8 Å². The molecule has 1 aromatic heterocycles. The lowest BCUT2D eigenvalue weighted by molar-refractivity contribution is 0.0607. The van der Waals surface area contributed by atoms with Gasteiger partial charge >= 0.3 is 5.97 Å². The van der Waals surface area contributed by atoms with Gasteiger partial charge in [-0.25, -0.2) is 13.2 Å². The number of hydrogen-bond acceptors (Lipinski definition) is 7. The van der Waals surface area contributed by atoms with Crippen LogP contribution in [0.2, 0.25) is 0 Å². The van der Waals surface area contributed by atoms with E-state index < -0.39 is 15.8 Å². The molecular formula is C17H20N2O4S2. The van der Waals surface area contributed by atoms with Gasteiger partial charge in [0.15, 0.2) is 0 Å². The van der Waals surface area contributed by atoms with Gasteiger partial charge < -0.3 is 15.4 Å². The standard InChI is InChI=1S/C17H20N2O4S2/c1-23-17(20)14-13(18)15(16(24-14)19-10-6-3-7-11-19)25(21,22)12-8-4-2-5-9-12/h2,4-5,8-9H,3,6-7,10-11,18H2,1H3. The van der Waals surface area contributed by atoms with Gasteiger partial charge in [0.2, 0.25) is 9.84 Å². The van der Waals surface area contributed by atoms with Crippen molar-refractivity contribution in [2.75, 3.05) is 30.8 Å². The number of thiophene rings is 1. The monoisotopic (exact) mass is 380 g/mol. The molecule has 1 saturated heterocycles. The van der Waals surface area contributed by atoms with Crippen LogP contribution in [0, 0.1) is 0 Å². The van der Waals surface area contributed by atoms with Crippen molar-refractivity contribution in [3.63, 3.8) is 0 Å². The number of anilines is 2. The Morgan fingerprint density at radius 2 is 1.80 bits per heavy atom. The number of piperidine rings is 1. The molecule has 134 valence electrons. The van der Waals surface area contributed by atoms with Gasteiger partial charge in [-0.2, -0.15) is 0 Å². The van der Waals surface area contributed by atoms with E-state index in [-0.39, 0.29) is 20.4 Å². The normalized spacial score (nSPS) is 15.2. The minimum Gasteiger partial charge on any atom is -0.465 e. The summed E-state index contributed by atoms with van der Waals surface area (Å²) in [6.45, 7) is 1.50. The van der Waals surface area contributed by atoms with Crippen LogP contribution < -0.4 is 10.6 Å². The predicted molar refractivity (Wildman–Crippen MR) is 98.0 cm³/mol. The van der Waals surface area contributed by atoms with Crippen LogP contribution in [0.15, 0.2) is 40.1 Å². The third kappa shape index (κ3) is 3.23. The maximum Gasteiger partial charge on any atom is 0.350 e. The first-order valence-corrected chi connectivity index (χ1v) is 10.3. The van der Waals surface area contributed by atoms with Crippen LogP contribution in [0.5, 0.6) is 0 Å². The molecule has 1 aromatic carbocycles. The van der Waals surface area contributed by atoms with E-state index in [1.54, 1.807) is 18.2 Å². The Morgan fingerprint density at radius 1 is 1.16 bits per heavy atom. The Balaban J connectivity index is 2.19. The number of nitrogens with two attached hydrogens (primary N) is 1. The SMILES string of the molecule is COC(=O)c1sc(N2CCCCC2)c(S(=O)(=O)c2ccccc2)c1N. The molecule has 0 amide bonds. The minimum absolute atomic E-state index is 0.0194. The molecule has 0 atom stereocenters. The predicted octanol–water partition coefficient (Wildman–Crippen LogP) is 2.94. The lowest BCUT2D eigenvalue weighted by atomic mass is 10.1. The molecule has 8 heteroatoms. The number of ether oxygens (including phenoxy) is 1. The van der Waals surface area contributed by atoms with Crippen molar-refractivity contribution in [1.29, 1.82) is 0 Å². The number of methoxy groups -OCH3 is 1. The highest BCUT2D eigenvalue weighted by molar-refractivity contribution is 7.92. The fraction of sp³-hybridized carbons (Fsp3) is 0.353. The highest BCUT2D eigenvalue weighted by atomic mass is 32.2. The summed E-state index contributed by atoms with van der Waals surface area (Å²) in [5.74, 6) is -0.615. The molecule has 2 heterocycles. The van der Waals surface area contributed by atoms with Crippen molar-refractivity contribution in [3.05, 3.63) is 35.2 Å². The van der Waals surface area contributed by atoms with E-state index in [0.717, 1.165) is 43.7 Å². The summed E-state index contributed by atoms with van der Waals surface area (Å²) < 4.78 is 31.1. The summed E-state index contributed by atoms with van der Waals surface area (Å²) in [5, 5.41) is 0.529. The topological polar surface area (TPSA) is 89.7 Å². The molecule has 0 bridgehead atoms. The van der Waals surface area contributed by atoms with Gasteiger partial charge in [-0.3, -0.25) is 0 Å². The zero-order chi connectivity index (χ0) is 18.0. The molecule has 0 radical (unpaired) electrons. The van der Waals surface area contributed by atoms with Crippen molar-refractivity contribution in [2.45, 2.75) is 29.1 Å². The first-order valence-electron chi connectivity index (χ1n) is 8.02. The highest BCUT2D eigenvalue weighted by Crippen LogP contribution is 2.44. The number of nitrogens with zero attached hydrogens (tertiary/aromatic N) is 1. The Bertz CT molecular complexity index is 870. The van der Waals surface area contributed by atoms with Gasteiger partial charge in [0.1, 0.15) is 14.8 Å². The van der Waals surface area contributed by atoms with Crippen molar-refractivity contribution in [2.24, 2.45) is 0 Å². The van der Waals surface area contributed by atoms with Gasteiger partial charge in [0.05, 0.1) is 17.7 Å². The summed E-state index contributed by atoms with van der Waals surface area (Å²) in [7, 11) is -2.58. The molecule has 1 aliphatic rings. The third-order valence-corrected chi connectivity index (χ3v) is 7.44. The van der Waals surface area contributed by atoms with Gasteiger partial charge in [-0.15, -0.1) is 11.3 Å². The number of rotatable bonds is 4. The second kappa shape index (κ2) is 7.05. The number of benzene rings is 1. The van der Waals surface area contributed by atoms with Crippen molar-refractivity contribution < 1.29 is 17.9 Å². The average Bonchev–Trinajstić information content (AvgIpc) is 3.00. The fourth-order valence-corrected chi connectivity index (χ4v) is 6.05. The van der Waals surface area contributed by atoms with Gasteiger partial charge in [-0.05, 0) is 31.4 Å². The quantitative estimate of drug-likeness (QED) is 0.820. The zero-order valence-electron chi connectivity index (χ0n) is 13.9. The summed E-state index contributed by atoms with van der Waals surface area (Å²) in [4.78, 5) is 14.4. The summed E-state index contributed by atoms with van der Waals surface area (Å²) in [6, 6.07) is 8.14. The van der Waals surface area contributed by atoms with Gasteiger partial charge in [0, 0.05) is 13.1 Å². The number of sulfone groups is 1. The van der Waals surface area contributed by atoms with E-state index in [9.17, 15) is 13.2 Å². The maximum absolute atomic E-state index is 13.2. The number of carbonyl (C=O) groups is 1. The van der Waals surface area contributed by atoms with Crippen molar-refractivity contribution in [1.82, 2.24) is 0 Å². The number of hydrogen-bond donors (Lipinski definition) is 1. The van der Waals surface area contributed by atoms with Gasteiger partial charge in [0.25, 0.3) is 0 Å². The van der Waals surface area contributed by atoms with Crippen LogP contribution in [-0.4, -0.2) is 34.6 Å². The zero-order valence-corrected chi connectivity index (χ0v) is 15.5. The lowest BCUT2D eigenvalue weighted by Crippen LogP contribution is -2.29. The van der Waals surface area contributed by atoms with Crippen LogP contribution in [0.3, 0.4) is 0 Å². The van der Waals surface area contributed by atoms with E-state index in [4.69, 9.17) is 10.5 Å². The smallest absolute Gasteiger partial charge is 0.350 e. The highest BCUT2D eigenvalue weighted by Gasteiger charge is 2.33. The number of carbonyl (C=O) groups excluding carboxylic acids is 1. The van der Waals surface area contributed by atoms with E-state index >= 15 is 0 Å². The Labute approximate surface area is 151 Å². The molecule has 1 fully saturated rings.